The molecule has 0 bridgehead atoms. The Morgan fingerprint density at radius 1 is 1.04 bits per heavy atom. The molecule has 0 spiro atoms. The number of hydrogen-bond acceptors (Lipinski definition) is 3. The van der Waals surface area contributed by atoms with Crippen molar-refractivity contribution in [3.05, 3.63) is 29.3 Å². The predicted molar refractivity (Wildman–Crippen MR) is 102 cm³/mol. The molecule has 1 heterocycles. The Morgan fingerprint density at radius 2 is 1.76 bits per heavy atom. The van der Waals surface area contributed by atoms with E-state index in [4.69, 9.17) is 0 Å². The second-order valence-electron chi connectivity index (χ2n) is 6.88. The molecule has 0 saturated carbocycles. The maximum Gasteiger partial charge on any atom is 0.222 e. The Bertz CT molecular complexity index is 593. The zero-order valence-corrected chi connectivity index (χ0v) is 15.8. The molecule has 0 atom stereocenters. The molecule has 2 amide bonds. The topological polar surface area (TPSA) is 52.7 Å². The molecule has 0 aromatic heterocycles. The van der Waals surface area contributed by atoms with E-state index in [-0.39, 0.29) is 11.8 Å². The van der Waals surface area contributed by atoms with Crippen LogP contribution in [0.2, 0.25) is 0 Å². The highest BCUT2D eigenvalue weighted by molar-refractivity contribution is 5.76. The first kappa shape index (κ1) is 19.3. The van der Waals surface area contributed by atoms with Gasteiger partial charge in [0.05, 0.1) is 0 Å². The van der Waals surface area contributed by atoms with Crippen LogP contribution in [0.5, 0.6) is 0 Å². The lowest BCUT2D eigenvalue weighted by Crippen LogP contribution is -2.49. The molecule has 1 saturated heterocycles. The largest absolute Gasteiger partial charge is 0.368 e. The summed E-state index contributed by atoms with van der Waals surface area (Å²) in [4.78, 5) is 27.5. The summed E-state index contributed by atoms with van der Waals surface area (Å²) in [6, 6.07) is 6.43. The van der Waals surface area contributed by atoms with E-state index in [1.54, 1.807) is 0 Å². The van der Waals surface area contributed by atoms with Crippen molar-refractivity contribution in [3.8, 4) is 0 Å². The van der Waals surface area contributed by atoms with Crippen LogP contribution < -0.4 is 10.2 Å². The van der Waals surface area contributed by atoms with Gasteiger partial charge >= 0.3 is 0 Å². The highest BCUT2D eigenvalue weighted by Gasteiger charge is 2.21. The summed E-state index contributed by atoms with van der Waals surface area (Å²) in [7, 11) is 0. The van der Waals surface area contributed by atoms with Crippen molar-refractivity contribution in [1.29, 1.82) is 0 Å². The van der Waals surface area contributed by atoms with Gasteiger partial charge in [-0.05, 0) is 43.9 Å². The number of carbonyl (C=O) groups excluding carboxylic acids is 2. The van der Waals surface area contributed by atoms with Crippen molar-refractivity contribution in [2.45, 2.75) is 46.5 Å². The molecule has 1 aromatic carbocycles. The lowest BCUT2D eigenvalue weighted by Gasteiger charge is -2.37. The van der Waals surface area contributed by atoms with Gasteiger partial charge in [-0.2, -0.15) is 0 Å². The molecule has 0 unspecified atom stereocenters. The summed E-state index contributed by atoms with van der Waals surface area (Å²) in [5.41, 5.74) is 3.95. The molecule has 0 aliphatic carbocycles. The molecule has 5 heteroatoms. The van der Waals surface area contributed by atoms with Crippen LogP contribution >= 0.6 is 0 Å². The van der Waals surface area contributed by atoms with E-state index in [2.05, 4.69) is 42.3 Å². The van der Waals surface area contributed by atoms with E-state index in [0.29, 0.717) is 13.0 Å². The highest BCUT2D eigenvalue weighted by atomic mass is 16.2. The average molecular weight is 345 g/mol. The van der Waals surface area contributed by atoms with Gasteiger partial charge < -0.3 is 15.1 Å². The number of benzene rings is 1. The van der Waals surface area contributed by atoms with E-state index in [0.717, 1.165) is 45.4 Å². The molecule has 1 N–H and O–H groups in total. The Balaban J connectivity index is 1.70. The molecule has 25 heavy (non-hydrogen) atoms. The van der Waals surface area contributed by atoms with Gasteiger partial charge in [0.25, 0.3) is 0 Å². The molecule has 1 aliphatic rings. The van der Waals surface area contributed by atoms with Gasteiger partial charge in [0.15, 0.2) is 0 Å². The number of unbranched alkanes of at least 4 members (excludes halogenated alkanes) is 2. The molecule has 138 valence electrons. The number of nitrogens with one attached hydrogen (secondary N) is 1. The molecule has 2 rings (SSSR count). The van der Waals surface area contributed by atoms with E-state index >= 15 is 0 Å². The van der Waals surface area contributed by atoms with Crippen molar-refractivity contribution in [2.75, 3.05) is 37.6 Å². The first-order valence-corrected chi connectivity index (χ1v) is 9.32. The molecule has 1 fully saturated rings. The number of nitrogens with zero attached hydrogens (tertiary/aromatic N) is 2. The van der Waals surface area contributed by atoms with Gasteiger partial charge in [0.1, 0.15) is 0 Å². The quantitative estimate of drug-likeness (QED) is 0.773. The minimum Gasteiger partial charge on any atom is -0.368 e. The summed E-state index contributed by atoms with van der Waals surface area (Å²) in [5, 5.41) is 2.79. The highest BCUT2D eigenvalue weighted by Crippen LogP contribution is 2.24. The minimum absolute atomic E-state index is 0.0118. The maximum absolute atomic E-state index is 12.3. The molecular formula is C20H31N3O2. The number of rotatable bonds is 7. The van der Waals surface area contributed by atoms with E-state index in [1.165, 1.54) is 23.7 Å². The molecule has 5 nitrogen and oxygen atoms in total. The second kappa shape index (κ2) is 9.44. The second-order valence-corrected chi connectivity index (χ2v) is 6.88. The van der Waals surface area contributed by atoms with Crippen molar-refractivity contribution in [3.63, 3.8) is 0 Å². The van der Waals surface area contributed by atoms with Crippen LogP contribution in [0, 0.1) is 13.8 Å². The molecule has 1 aromatic rings. The Kier molecular flexibility index (Phi) is 7.29. The molecular weight excluding hydrogens is 314 g/mol. The van der Waals surface area contributed by atoms with Crippen LogP contribution in [0.4, 0.5) is 5.69 Å². The number of amides is 2. The van der Waals surface area contributed by atoms with Crippen LogP contribution in [0.3, 0.4) is 0 Å². The Labute approximate surface area is 151 Å². The van der Waals surface area contributed by atoms with E-state index < -0.39 is 0 Å². The van der Waals surface area contributed by atoms with Gasteiger partial charge in [0, 0.05) is 51.8 Å². The van der Waals surface area contributed by atoms with Crippen LogP contribution in [-0.2, 0) is 9.59 Å². The van der Waals surface area contributed by atoms with Crippen molar-refractivity contribution in [2.24, 2.45) is 0 Å². The number of carbonyl (C=O) groups is 2. The summed E-state index contributed by atoms with van der Waals surface area (Å²) >= 11 is 0. The fraction of sp³-hybridized carbons (Fsp3) is 0.600. The van der Waals surface area contributed by atoms with Crippen molar-refractivity contribution < 1.29 is 9.59 Å². The van der Waals surface area contributed by atoms with Gasteiger partial charge in [-0.1, -0.05) is 18.6 Å². The SMILES string of the molecule is CC(=O)NCCCCCC(=O)N1CCN(c2cccc(C)c2C)CC1. The van der Waals surface area contributed by atoms with Crippen LogP contribution in [0.1, 0.15) is 43.7 Å². The van der Waals surface area contributed by atoms with Crippen LogP contribution in [-0.4, -0.2) is 49.4 Å². The van der Waals surface area contributed by atoms with Crippen LogP contribution in [0.25, 0.3) is 0 Å². The zero-order chi connectivity index (χ0) is 18.2. The molecule has 0 radical (unpaired) electrons. The standard InChI is InChI=1S/C20H31N3O2/c1-16-8-7-9-19(17(16)2)22-12-14-23(15-13-22)20(25)10-5-4-6-11-21-18(3)24/h7-9H,4-6,10-15H2,1-3H3,(H,21,24). The van der Waals surface area contributed by atoms with Gasteiger partial charge in [-0.3, -0.25) is 9.59 Å². The monoisotopic (exact) mass is 345 g/mol. The van der Waals surface area contributed by atoms with Gasteiger partial charge in [-0.15, -0.1) is 0 Å². The summed E-state index contributed by atoms with van der Waals surface area (Å²) in [6.45, 7) is 9.96. The first-order chi connectivity index (χ1) is 12.0. The lowest BCUT2D eigenvalue weighted by atomic mass is 10.1. The first-order valence-electron chi connectivity index (χ1n) is 9.32. The number of aryl methyl sites for hydroxylation is 1. The van der Waals surface area contributed by atoms with Gasteiger partial charge in [0.2, 0.25) is 11.8 Å². The number of piperazine rings is 1. The summed E-state index contributed by atoms with van der Waals surface area (Å²) < 4.78 is 0. The van der Waals surface area contributed by atoms with Crippen LogP contribution in [0.15, 0.2) is 18.2 Å². The average Bonchev–Trinajstić information content (AvgIpc) is 2.60. The van der Waals surface area contributed by atoms with Crippen molar-refractivity contribution in [1.82, 2.24) is 10.2 Å². The zero-order valence-electron chi connectivity index (χ0n) is 15.8. The van der Waals surface area contributed by atoms with E-state index in [9.17, 15) is 9.59 Å². The Hall–Kier alpha value is -2.04. The smallest absolute Gasteiger partial charge is 0.222 e. The minimum atomic E-state index is 0.0118. The van der Waals surface area contributed by atoms with E-state index in [1.807, 2.05) is 4.90 Å². The van der Waals surface area contributed by atoms with Gasteiger partial charge in [-0.25, -0.2) is 0 Å². The number of anilines is 1. The van der Waals surface area contributed by atoms with Crippen molar-refractivity contribution >= 4 is 17.5 Å². The fourth-order valence-corrected chi connectivity index (χ4v) is 3.28. The summed E-state index contributed by atoms with van der Waals surface area (Å²) in [6.07, 6.45) is 3.43. The number of hydrogen-bond donors (Lipinski definition) is 1. The predicted octanol–water partition coefficient (Wildman–Crippen LogP) is 2.65. The Morgan fingerprint density at radius 3 is 2.44 bits per heavy atom. The normalized spacial score (nSPS) is 14.5. The third-order valence-electron chi connectivity index (χ3n) is 4.99. The summed E-state index contributed by atoms with van der Waals surface area (Å²) in [5.74, 6) is 0.276. The third-order valence-corrected chi connectivity index (χ3v) is 4.99. The maximum atomic E-state index is 12.3. The molecule has 1 aliphatic heterocycles. The third kappa shape index (κ3) is 5.76. The lowest BCUT2D eigenvalue weighted by molar-refractivity contribution is -0.131. The fourth-order valence-electron chi connectivity index (χ4n) is 3.28.